The molecular weight excluding hydrogens is 424 g/mol. The molecule has 0 aliphatic heterocycles. The molecule has 3 rings (SSSR count). The summed E-state index contributed by atoms with van der Waals surface area (Å²) in [5.74, 6) is -1.15. The molecule has 0 saturated heterocycles. The number of aromatic nitrogens is 1. The summed E-state index contributed by atoms with van der Waals surface area (Å²) in [5.41, 5.74) is 4.42. The molecule has 0 bridgehead atoms. The summed E-state index contributed by atoms with van der Waals surface area (Å²) in [4.78, 5) is 26.3. The maximum atomic E-state index is 11.2. The lowest BCUT2D eigenvalue weighted by molar-refractivity contribution is -0.385. The minimum Gasteiger partial charge on any atom is -0.493 e. The molecule has 160 valence electrons. The predicted octanol–water partition coefficient (Wildman–Crippen LogP) is 4.02. The molecule has 0 aliphatic carbocycles. The fraction of sp³-hybridized carbons (Fsp3) is 0.150. The van der Waals surface area contributed by atoms with Crippen molar-refractivity contribution in [2.24, 2.45) is 5.10 Å². The molecule has 0 radical (unpaired) electrons. The Kier molecular flexibility index (Phi) is 6.78. The molecule has 0 aliphatic rings. The van der Waals surface area contributed by atoms with Gasteiger partial charge in [-0.25, -0.2) is 9.78 Å². The molecule has 0 amide bonds. The van der Waals surface area contributed by atoms with Gasteiger partial charge in [-0.15, -0.1) is 11.3 Å². The average molecular weight is 442 g/mol. The Morgan fingerprint density at radius 3 is 2.74 bits per heavy atom. The standard InChI is InChI=1S/C20H18N4O6S/c1-12(19(25)26)30-18-14(8-15(24(27)28)9-17(18)29-2)10-21-23-20-22-16(11-31-20)13-6-4-3-5-7-13/h3-12H,1-2H3,(H,22,23)(H,25,26). The Hall–Kier alpha value is -3.99. The molecular formula is C20H18N4O6S. The van der Waals surface area contributed by atoms with Crippen LogP contribution in [-0.4, -0.2) is 40.4 Å². The molecule has 2 N–H and O–H groups in total. The van der Waals surface area contributed by atoms with Crippen LogP contribution in [0.1, 0.15) is 12.5 Å². The fourth-order valence-corrected chi connectivity index (χ4v) is 3.21. The summed E-state index contributed by atoms with van der Waals surface area (Å²) in [6, 6.07) is 12.0. The number of nitro groups is 1. The number of rotatable bonds is 9. The second-order valence-electron chi connectivity index (χ2n) is 6.20. The highest BCUT2D eigenvalue weighted by Gasteiger charge is 2.22. The Morgan fingerprint density at radius 2 is 2.10 bits per heavy atom. The molecule has 0 spiro atoms. The van der Waals surface area contributed by atoms with Crippen molar-refractivity contribution in [3.05, 3.63) is 63.5 Å². The number of nitrogens with zero attached hydrogens (tertiary/aromatic N) is 3. The average Bonchev–Trinajstić information content (AvgIpc) is 3.23. The van der Waals surface area contributed by atoms with E-state index in [0.29, 0.717) is 5.13 Å². The molecule has 0 fully saturated rings. The molecule has 11 heteroatoms. The van der Waals surface area contributed by atoms with Crippen LogP contribution in [0.25, 0.3) is 11.3 Å². The number of hydrogen-bond donors (Lipinski definition) is 2. The van der Waals surface area contributed by atoms with E-state index in [9.17, 15) is 14.9 Å². The third kappa shape index (κ3) is 5.34. The van der Waals surface area contributed by atoms with Gasteiger partial charge in [0.1, 0.15) is 0 Å². The Morgan fingerprint density at radius 1 is 1.35 bits per heavy atom. The number of thiazole rings is 1. The Labute approximate surface area is 180 Å². The summed E-state index contributed by atoms with van der Waals surface area (Å²) < 4.78 is 10.6. The third-order valence-corrected chi connectivity index (χ3v) is 4.83. The first-order valence-electron chi connectivity index (χ1n) is 8.95. The summed E-state index contributed by atoms with van der Waals surface area (Å²) in [7, 11) is 1.30. The first kappa shape index (κ1) is 21.7. The van der Waals surface area contributed by atoms with E-state index < -0.39 is 17.0 Å². The number of anilines is 1. The molecule has 0 saturated carbocycles. The zero-order valence-corrected chi connectivity index (χ0v) is 17.3. The topological polar surface area (TPSA) is 136 Å². The van der Waals surface area contributed by atoms with E-state index in [4.69, 9.17) is 14.6 Å². The van der Waals surface area contributed by atoms with Gasteiger partial charge in [-0.2, -0.15) is 5.10 Å². The van der Waals surface area contributed by atoms with Gasteiger partial charge in [0.05, 0.1) is 30.0 Å². The van der Waals surface area contributed by atoms with E-state index in [0.717, 1.165) is 17.3 Å². The second kappa shape index (κ2) is 9.67. The van der Waals surface area contributed by atoms with Gasteiger partial charge in [-0.05, 0) is 6.92 Å². The van der Waals surface area contributed by atoms with E-state index >= 15 is 0 Å². The number of carbonyl (C=O) groups is 1. The minimum atomic E-state index is -1.21. The first-order chi connectivity index (χ1) is 14.9. The van der Waals surface area contributed by atoms with Gasteiger partial charge >= 0.3 is 5.97 Å². The number of nitrogens with one attached hydrogen (secondary N) is 1. The minimum absolute atomic E-state index is 0.0179. The molecule has 10 nitrogen and oxygen atoms in total. The molecule has 1 heterocycles. The molecule has 1 aromatic heterocycles. The van der Waals surface area contributed by atoms with Crippen LogP contribution in [0.15, 0.2) is 52.9 Å². The predicted molar refractivity (Wildman–Crippen MR) is 116 cm³/mol. The number of aliphatic carboxylic acids is 1. The summed E-state index contributed by atoms with van der Waals surface area (Å²) >= 11 is 1.34. The molecule has 2 aromatic carbocycles. The maximum Gasteiger partial charge on any atom is 0.344 e. The third-order valence-electron chi connectivity index (χ3n) is 4.08. The molecule has 31 heavy (non-hydrogen) atoms. The molecule has 3 aromatic rings. The number of methoxy groups -OCH3 is 1. The number of non-ortho nitro benzene ring substituents is 1. The van der Waals surface area contributed by atoms with Crippen LogP contribution in [0.5, 0.6) is 11.5 Å². The van der Waals surface area contributed by atoms with Gasteiger partial charge in [-0.1, -0.05) is 30.3 Å². The number of hydrogen-bond acceptors (Lipinski definition) is 9. The van der Waals surface area contributed by atoms with E-state index in [1.165, 1.54) is 37.7 Å². The highest BCUT2D eigenvalue weighted by atomic mass is 32.1. The quantitative estimate of drug-likeness (QED) is 0.288. The van der Waals surface area contributed by atoms with E-state index in [-0.39, 0.29) is 22.7 Å². The van der Waals surface area contributed by atoms with Crippen molar-refractivity contribution >= 4 is 34.3 Å². The van der Waals surface area contributed by atoms with Crippen molar-refractivity contribution in [2.45, 2.75) is 13.0 Å². The van der Waals surface area contributed by atoms with Gasteiger partial charge < -0.3 is 14.6 Å². The van der Waals surface area contributed by atoms with Gasteiger partial charge in [-0.3, -0.25) is 15.5 Å². The summed E-state index contributed by atoms with van der Waals surface area (Å²) in [5, 5.41) is 26.8. The van der Waals surface area contributed by atoms with Crippen LogP contribution in [0, 0.1) is 10.1 Å². The highest BCUT2D eigenvalue weighted by molar-refractivity contribution is 7.14. The van der Waals surface area contributed by atoms with Gasteiger partial charge in [0, 0.05) is 22.6 Å². The zero-order chi connectivity index (χ0) is 22.4. The van der Waals surface area contributed by atoms with Crippen LogP contribution in [0.2, 0.25) is 0 Å². The number of benzene rings is 2. The van der Waals surface area contributed by atoms with E-state index in [1.54, 1.807) is 0 Å². The van der Waals surface area contributed by atoms with Crippen molar-refractivity contribution in [1.29, 1.82) is 0 Å². The number of carboxylic acid groups (broad SMARTS) is 1. The van der Waals surface area contributed by atoms with Crippen LogP contribution < -0.4 is 14.9 Å². The monoisotopic (exact) mass is 442 g/mol. The normalized spacial score (nSPS) is 11.8. The summed E-state index contributed by atoms with van der Waals surface area (Å²) in [6.07, 6.45) is 0.0751. The zero-order valence-electron chi connectivity index (χ0n) is 16.5. The van der Waals surface area contributed by atoms with Gasteiger partial charge in [0.15, 0.2) is 17.6 Å². The van der Waals surface area contributed by atoms with Gasteiger partial charge in [0.2, 0.25) is 5.13 Å². The van der Waals surface area contributed by atoms with Gasteiger partial charge in [0.25, 0.3) is 5.69 Å². The lowest BCUT2D eigenvalue weighted by Crippen LogP contribution is -2.23. The molecule has 1 atom stereocenters. The number of hydrazone groups is 1. The molecule has 1 unspecified atom stereocenters. The fourth-order valence-electron chi connectivity index (χ4n) is 2.54. The lowest BCUT2D eigenvalue weighted by atomic mass is 10.1. The van der Waals surface area contributed by atoms with Crippen molar-refractivity contribution in [1.82, 2.24) is 4.98 Å². The van der Waals surface area contributed by atoms with Crippen LogP contribution in [-0.2, 0) is 4.79 Å². The number of carboxylic acids is 1. The van der Waals surface area contributed by atoms with Crippen LogP contribution >= 0.6 is 11.3 Å². The van der Waals surface area contributed by atoms with E-state index in [2.05, 4.69) is 15.5 Å². The Balaban J connectivity index is 1.87. The smallest absolute Gasteiger partial charge is 0.344 e. The summed E-state index contributed by atoms with van der Waals surface area (Å²) in [6.45, 7) is 1.34. The SMILES string of the molecule is COc1cc([N+](=O)[O-])cc(C=NNc2nc(-c3ccccc3)cs2)c1OC(C)C(=O)O. The van der Waals surface area contributed by atoms with Crippen molar-refractivity contribution in [3.63, 3.8) is 0 Å². The largest absolute Gasteiger partial charge is 0.493 e. The number of nitro benzene ring substituents is 1. The van der Waals surface area contributed by atoms with Crippen LogP contribution in [0.4, 0.5) is 10.8 Å². The van der Waals surface area contributed by atoms with Crippen LogP contribution in [0.3, 0.4) is 0 Å². The van der Waals surface area contributed by atoms with Crippen molar-refractivity contribution in [2.75, 3.05) is 12.5 Å². The Bertz CT molecular complexity index is 1120. The lowest BCUT2D eigenvalue weighted by Gasteiger charge is -2.15. The first-order valence-corrected chi connectivity index (χ1v) is 9.83. The van der Waals surface area contributed by atoms with E-state index in [1.807, 2.05) is 35.7 Å². The second-order valence-corrected chi connectivity index (χ2v) is 7.05. The maximum absolute atomic E-state index is 11.2. The highest BCUT2D eigenvalue weighted by Crippen LogP contribution is 2.35. The van der Waals surface area contributed by atoms with Crippen molar-refractivity contribution in [3.8, 4) is 22.8 Å². The number of ether oxygens (including phenoxy) is 2. The van der Waals surface area contributed by atoms with Crippen molar-refractivity contribution < 1.29 is 24.3 Å².